The van der Waals surface area contributed by atoms with Crippen LogP contribution in [0, 0.1) is 13.8 Å². The summed E-state index contributed by atoms with van der Waals surface area (Å²) in [6.07, 6.45) is 3.21. The smallest absolute Gasteiger partial charge is 0.320 e. The van der Waals surface area contributed by atoms with Crippen molar-refractivity contribution in [2.75, 3.05) is 5.32 Å². The molecule has 0 aliphatic heterocycles. The molecule has 3 rings (SSSR count). The van der Waals surface area contributed by atoms with Gasteiger partial charge >= 0.3 is 6.03 Å². The monoisotopic (exact) mass is 325 g/mol. The number of hydrogen-bond acceptors (Lipinski definition) is 3. The molecule has 0 saturated heterocycles. The van der Waals surface area contributed by atoms with Crippen molar-refractivity contribution >= 4 is 11.8 Å². The fourth-order valence-electron chi connectivity index (χ4n) is 3.27. The lowest BCUT2D eigenvalue weighted by Crippen LogP contribution is -2.29. The van der Waals surface area contributed by atoms with Gasteiger partial charge in [0.05, 0.1) is 6.61 Å². The predicted octanol–water partition coefficient (Wildman–Crippen LogP) is 3.00. The van der Waals surface area contributed by atoms with Crippen molar-refractivity contribution in [1.82, 2.24) is 10.3 Å². The lowest BCUT2D eigenvalue weighted by molar-refractivity contribution is 0.251. The number of anilines is 1. The summed E-state index contributed by atoms with van der Waals surface area (Å²) in [6, 6.07) is 7.54. The molecule has 2 aromatic rings. The highest BCUT2D eigenvalue weighted by atomic mass is 16.3. The molecule has 1 heterocycles. The Morgan fingerprint density at radius 1 is 1.21 bits per heavy atom. The van der Waals surface area contributed by atoms with Crippen LogP contribution in [0.4, 0.5) is 10.6 Å². The number of fused-ring (bicyclic) bond motifs is 1. The number of nitrogens with zero attached hydrogens (tertiary/aromatic N) is 1. The highest BCUT2D eigenvalue weighted by molar-refractivity contribution is 5.88. The van der Waals surface area contributed by atoms with E-state index in [1.807, 2.05) is 38.1 Å². The molecule has 5 heteroatoms. The Balaban J connectivity index is 1.62. The molecule has 0 radical (unpaired) electrons. The molecule has 2 amide bonds. The van der Waals surface area contributed by atoms with Gasteiger partial charge in [0.15, 0.2) is 0 Å². The van der Waals surface area contributed by atoms with E-state index in [0.717, 1.165) is 47.2 Å². The highest BCUT2D eigenvalue weighted by Gasteiger charge is 2.13. The van der Waals surface area contributed by atoms with Gasteiger partial charge in [-0.3, -0.25) is 5.32 Å². The minimum atomic E-state index is -0.259. The van der Waals surface area contributed by atoms with Crippen LogP contribution in [-0.4, -0.2) is 16.1 Å². The Bertz CT molecular complexity index is 748. The second kappa shape index (κ2) is 7.01. The van der Waals surface area contributed by atoms with Crippen molar-refractivity contribution in [2.45, 2.75) is 46.3 Å². The average molecular weight is 325 g/mol. The maximum Gasteiger partial charge on any atom is 0.320 e. The van der Waals surface area contributed by atoms with Crippen LogP contribution in [0.3, 0.4) is 0 Å². The van der Waals surface area contributed by atoms with Gasteiger partial charge in [0.1, 0.15) is 5.82 Å². The highest BCUT2D eigenvalue weighted by Crippen LogP contribution is 2.21. The maximum atomic E-state index is 12.1. The van der Waals surface area contributed by atoms with Gasteiger partial charge in [0.25, 0.3) is 0 Å². The van der Waals surface area contributed by atoms with Crippen LogP contribution < -0.4 is 10.6 Å². The zero-order valence-electron chi connectivity index (χ0n) is 14.1. The van der Waals surface area contributed by atoms with Gasteiger partial charge in [0, 0.05) is 12.2 Å². The molecule has 0 unspecified atom stereocenters. The fraction of sp³-hybridized carbons (Fsp3) is 0.368. The number of aromatic nitrogens is 1. The Hall–Kier alpha value is -2.40. The summed E-state index contributed by atoms with van der Waals surface area (Å²) in [6.45, 7) is 4.45. The zero-order chi connectivity index (χ0) is 17.1. The molecule has 0 saturated carbocycles. The van der Waals surface area contributed by atoms with E-state index in [1.165, 1.54) is 5.56 Å². The lowest BCUT2D eigenvalue weighted by Gasteiger charge is -2.13. The van der Waals surface area contributed by atoms with Crippen molar-refractivity contribution in [2.24, 2.45) is 0 Å². The largest absolute Gasteiger partial charge is 0.392 e. The number of carbonyl (C=O) groups is 1. The molecule has 126 valence electrons. The van der Waals surface area contributed by atoms with Crippen molar-refractivity contribution < 1.29 is 9.90 Å². The van der Waals surface area contributed by atoms with E-state index in [1.54, 1.807) is 0 Å². The quantitative estimate of drug-likeness (QED) is 0.809. The number of nitrogens with one attached hydrogen (secondary N) is 2. The number of rotatable bonds is 4. The summed E-state index contributed by atoms with van der Waals surface area (Å²) in [4.78, 5) is 16.6. The first-order valence-electron chi connectivity index (χ1n) is 8.30. The molecule has 3 N–H and O–H groups in total. The maximum absolute atomic E-state index is 12.1. The van der Waals surface area contributed by atoms with E-state index in [0.29, 0.717) is 12.4 Å². The van der Waals surface area contributed by atoms with Crippen molar-refractivity contribution in [3.05, 3.63) is 57.8 Å². The van der Waals surface area contributed by atoms with Crippen LogP contribution >= 0.6 is 0 Å². The summed E-state index contributed by atoms with van der Waals surface area (Å²) in [5.74, 6) is 0.595. The standard InChI is InChI=1S/C19H23N3O2/c1-12-8-14(11-23)9-13(2)16(12)10-20-19(24)22-18-7-6-15-4-3-5-17(15)21-18/h6-9,23H,3-5,10-11H2,1-2H3,(H2,20,21,22,24). The zero-order valence-corrected chi connectivity index (χ0v) is 14.1. The third-order valence-corrected chi connectivity index (χ3v) is 4.53. The number of pyridine rings is 1. The molecule has 1 aromatic carbocycles. The first-order valence-corrected chi connectivity index (χ1v) is 8.30. The second-order valence-corrected chi connectivity index (χ2v) is 6.33. The number of aryl methyl sites for hydroxylation is 4. The molecular formula is C19H23N3O2. The summed E-state index contributed by atoms with van der Waals surface area (Å²) < 4.78 is 0. The first-order chi connectivity index (χ1) is 11.6. The molecule has 0 fully saturated rings. The number of urea groups is 1. The van der Waals surface area contributed by atoms with Gasteiger partial charge < -0.3 is 10.4 Å². The third kappa shape index (κ3) is 3.57. The predicted molar refractivity (Wildman–Crippen MR) is 94.0 cm³/mol. The van der Waals surface area contributed by atoms with Gasteiger partial charge in [-0.25, -0.2) is 9.78 Å². The van der Waals surface area contributed by atoms with E-state index < -0.39 is 0 Å². The second-order valence-electron chi connectivity index (χ2n) is 6.33. The minimum absolute atomic E-state index is 0.0277. The average Bonchev–Trinajstić information content (AvgIpc) is 3.01. The molecule has 24 heavy (non-hydrogen) atoms. The van der Waals surface area contributed by atoms with Gasteiger partial charge in [-0.05, 0) is 67.0 Å². The number of benzene rings is 1. The Labute approximate surface area is 142 Å². The molecule has 5 nitrogen and oxygen atoms in total. The Morgan fingerprint density at radius 3 is 2.67 bits per heavy atom. The summed E-state index contributed by atoms with van der Waals surface area (Å²) in [7, 11) is 0. The Kier molecular flexibility index (Phi) is 4.81. The minimum Gasteiger partial charge on any atom is -0.392 e. The van der Waals surface area contributed by atoms with E-state index in [2.05, 4.69) is 15.6 Å². The van der Waals surface area contributed by atoms with Gasteiger partial charge in [-0.2, -0.15) is 0 Å². The Morgan fingerprint density at radius 2 is 1.96 bits per heavy atom. The molecule has 1 aliphatic rings. The van der Waals surface area contributed by atoms with Crippen LogP contribution in [0.5, 0.6) is 0 Å². The normalized spacial score (nSPS) is 12.8. The van der Waals surface area contributed by atoms with Crippen LogP contribution in [-0.2, 0) is 26.0 Å². The molecule has 0 bridgehead atoms. The first kappa shape index (κ1) is 16.5. The van der Waals surface area contributed by atoms with Crippen LogP contribution in [0.25, 0.3) is 0 Å². The summed E-state index contributed by atoms with van der Waals surface area (Å²) in [5, 5.41) is 14.9. The van der Waals surface area contributed by atoms with E-state index in [9.17, 15) is 9.90 Å². The molecular weight excluding hydrogens is 302 g/mol. The van der Waals surface area contributed by atoms with Crippen molar-refractivity contribution in [1.29, 1.82) is 0 Å². The van der Waals surface area contributed by atoms with Crippen molar-refractivity contribution in [3.8, 4) is 0 Å². The molecule has 0 spiro atoms. The molecule has 0 atom stereocenters. The molecule has 1 aliphatic carbocycles. The van der Waals surface area contributed by atoms with Crippen LogP contribution in [0.15, 0.2) is 24.3 Å². The third-order valence-electron chi connectivity index (χ3n) is 4.53. The van der Waals surface area contributed by atoms with Gasteiger partial charge in [0.2, 0.25) is 0 Å². The number of aliphatic hydroxyl groups is 1. The summed E-state index contributed by atoms with van der Waals surface area (Å²) >= 11 is 0. The van der Waals surface area contributed by atoms with Gasteiger partial charge in [-0.15, -0.1) is 0 Å². The SMILES string of the molecule is Cc1cc(CO)cc(C)c1CNC(=O)Nc1ccc2c(n1)CCC2. The summed E-state index contributed by atoms with van der Waals surface area (Å²) in [5.41, 5.74) is 6.48. The number of hydrogen-bond donors (Lipinski definition) is 3. The van der Waals surface area contributed by atoms with E-state index in [4.69, 9.17) is 0 Å². The van der Waals surface area contributed by atoms with Crippen LogP contribution in [0.2, 0.25) is 0 Å². The molecule has 1 aromatic heterocycles. The fourth-order valence-corrected chi connectivity index (χ4v) is 3.27. The van der Waals surface area contributed by atoms with Gasteiger partial charge in [-0.1, -0.05) is 18.2 Å². The topological polar surface area (TPSA) is 74.2 Å². The van der Waals surface area contributed by atoms with E-state index in [-0.39, 0.29) is 12.6 Å². The number of amides is 2. The van der Waals surface area contributed by atoms with Crippen molar-refractivity contribution in [3.63, 3.8) is 0 Å². The number of carbonyl (C=O) groups excluding carboxylic acids is 1. The number of aliphatic hydroxyl groups excluding tert-OH is 1. The van der Waals surface area contributed by atoms with Crippen LogP contribution in [0.1, 0.15) is 39.9 Å². The van der Waals surface area contributed by atoms with E-state index >= 15 is 0 Å². The lowest BCUT2D eigenvalue weighted by atomic mass is 9.99.